The number of allylic oxidation sites excluding steroid dienone is 1. The van der Waals surface area contributed by atoms with Gasteiger partial charge in [0.15, 0.2) is 6.54 Å². The van der Waals surface area contributed by atoms with Gasteiger partial charge in [-0.3, -0.25) is 9.59 Å². The van der Waals surface area contributed by atoms with E-state index in [1.807, 2.05) is 26.0 Å². The third kappa shape index (κ3) is 5.43. The van der Waals surface area contributed by atoms with E-state index in [-0.39, 0.29) is 17.5 Å². The van der Waals surface area contributed by atoms with Crippen molar-refractivity contribution < 1.29 is 23.8 Å². The second-order valence-corrected chi connectivity index (χ2v) is 8.02. The first-order chi connectivity index (χ1) is 14.4. The maximum absolute atomic E-state index is 13.0. The minimum atomic E-state index is -0.324. The highest BCUT2D eigenvalue weighted by atomic mass is 19.1. The van der Waals surface area contributed by atoms with Crippen LogP contribution in [-0.2, 0) is 11.3 Å². The number of piperazine rings is 1. The normalized spacial score (nSPS) is 18.8. The molecule has 7 heteroatoms. The molecule has 0 unspecified atom stereocenters. The molecule has 3 N–H and O–H groups in total. The van der Waals surface area contributed by atoms with Gasteiger partial charge >= 0.3 is 0 Å². The van der Waals surface area contributed by atoms with Gasteiger partial charge in [-0.2, -0.15) is 0 Å². The van der Waals surface area contributed by atoms with E-state index >= 15 is 0 Å². The van der Waals surface area contributed by atoms with Crippen molar-refractivity contribution in [3.05, 3.63) is 65.8 Å². The lowest BCUT2D eigenvalue weighted by Gasteiger charge is -2.29. The third-order valence-electron chi connectivity index (χ3n) is 5.80. The monoisotopic (exact) mass is 414 g/mol. The summed E-state index contributed by atoms with van der Waals surface area (Å²) in [7, 11) is 0. The summed E-state index contributed by atoms with van der Waals surface area (Å²) in [6, 6.07) is 7.75. The summed E-state index contributed by atoms with van der Waals surface area (Å²) in [4.78, 5) is 27.5. The lowest BCUT2D eigenvalue weighted by Crippen LogP contribution is -3.28. The molecule has 1 aromatic carbocycles. The van der Waals surface area contributed by atoms with Crippen LogP contribution in [0.2, 0.25) is 0 Å². The summed E-state index contributed by atoms with van der Waals surface area (Å²) < 4.78 is 15.1. The Morgan fingerprint density at radius 2 is 1.70 bits per heavy atom. The van der Waals surface area contributed by atoms with Crippen molar-refractivity contribution in [1.82, 2.24) is 4.57 Å². The van der Waals surface area contributed by atoms with Crippen LogP contribution in [0.25, 0.3) is 0 Å². The number of nitrogens with one attached hydrogen (secondary N) is 3. The Labute approximate surface area is 177 Å². The molecule has 0 bridgehead atoms. The van der Waals surface area contributed by atoms with E-state index in [0.29, 0.717) is 25.3 Å². The maximum atomic E-state index is 13.0. The Hall–Kier alpha value is -2.77. The molecule has 0 aliphatic carbocycles. The number of rotatable bonds is 8. The van der Waals surface area contributed by atoms with E-state index in [1.54, 1.807) is 12.1 Å². The zero-order valence-electron chi connectivity index (χ0n) is 17.8. The van der Waals surface area contributed by atoms with Gasteiger partial charge in [0.05, 0.1) is 0 Å². The number of nitrogens with zero attached hydrogens (tertiary/aromatic N) is 1. The fourth-order valence-corrected chi connectivity index (χ4v) is 4.09. The van der Waals surface area contributed by atoms with Gasteiger partial charge in [-0.25, -0.2) is 4.39 Å². The molecular formula is C23H31FN4O2+2. The highest BCUT2D eigenvalue weighted by Crippen LogP contribution is 2.15. The summed E-state index contributed by atoms with van der Waals surface area (Å²) in [5.41, 5.74) is 3.48. The second-order valence-electron chi connectivity index (χ2n) is 8.02. The molecule has 1 aliphatic rings. The minimum absolute atomic E-state index is 0.0780. The number of carbonyl (C=O) groups is 2. The van der Waals surface area contributed by atoms with E-state index in [4.69, 9.17) is 0 Å². The van der Waals surface area contributed by atoms with Crippen molar-refractivity contribution in [2.75, 3.05) is 44.6 Å². The van der Waals surface area contributed by atoms with Gasteiger partial charge in [0.2, 0.25) is 5.78 Å². The van der Waals surface area contributed by atoms with Crippen molar-refractivity contribution in [3.63, 3.8) is 0 Å². The number of hydrogen-bond donors (Lipinski definition) is 3. The van der Waals surface area contributed by atoms with E-state index in [0.717, 1.165) is 43.1 Å². The molecule has 160 valence electrons. The average molecular weight is 415 g/mol. The Balaban J connectivity index is 1.47. The van der Waals surface area contributed by atoms with E-state index in [2.05, 4.69) is 16.5 Å². The molecule has 1 aromatic heterocycles. The van der Waals surface area contributed by atoms with E-state index in [9.17, 15) is 14.0 Å². The number of amides is 1. The van der Waals surface area contributed by atoms with Crippen LogP contribution in [0.5, 0.6) is 0 Å². The SMILES string of the molecule is C=CCn1c(C)cc(C(=O)C[NH+]2CC[NH+](CC(=O)Nc3ccc(F)cc3)CC2)c1C. The Bertz CT molecular complexity index is 912. The number of carbonyl (C=O) groups excluding carboxylic acids is 2. The van der Waals surface area contributed by atoms with Crippen molar-refractivity contribution in [2.45, 2.75) is 20.4 Å². The molecule has 0 atom stereocenters. The van der Waals surface area contributed by atoms with E-state index in [1.165, 1.54) is 21.9 Å². The highest BCUT2D eigenvalue weighted by molar-refractivity contribution is 5.98. The topological polar surface area (TPSA) is 60.0 Å². The van der Waals surface area contributed by atoms with Crippen LogP contribution in [0.4, 0.5) is 10.1 Å². The first-order valence-electron chi connectivity index (χ1n) is 10.4. The van der Waals surface area contributed by atoms with Crippen molar-refractivity contribution in [1.29, 1.82) is 0 Å². The van der Waals surface area contributed by atoms with Gasteiger partial charge in [-0.1, -0.05) is 6.08 Å². The molecule has 1 aliphatic heterocycles. The molecule has 0 spiro atoms. The molecule has 1 amide bonds. The Morgan fingerprint density at radius 1 is 1.10 bits per heavy atom. The van der Waals surface area contributed by atoms with Gasteiger partial charge in [-0.15, -0.1) is 6.58 Å². The maximum Gasteiger partial charge on any atom is 0.279 e. The number of quaternary nitrogens is 2. The van der Waals surface area contributed by atoms with Gasteiger partial charge in [0.1, 0.15) is 38.5 Å². The molecule has 3 rings (SSSR count). The van der Waals surface area contributed by atoms with Crippen LogP contribution in [0, 0.1) is 19.7 Å². The van der Waals surface area contributed by atoms with Crippen LogP contribution in [0.15, 0.2) is 43.0 Å². The summed E-state index contributed by atoms with van der Waals surface area (Å²) in [5, 5.41) is 2.81. The number of halogens is 1. The minimum Gasteiger partial charge on any atom is -0.345 e. The predicted octanol–water partition coefficient (Wildman–Crippen LogP) is 0.0348. The number of aromatic nitrogens is 1. The van der Waals surface area contributed by atoms with E-state index < -0.39 is 0 Å². The molecule has 0 saturated carbocycles. The van der Waals surface area contributed by atoms with Crippen LogP contribution in [-0.4, -0.2) is 55.5 Å². The summed E-state index contributed by atoms with van der Waals surface area (Å²) in [6.45, 7) is 12.7. The first kappa shape index (κ1) is 21.9. The largest absolute Gasteiger partial charge is 0.345 e. The Morgan fingerprint density at radius 3 is 2.30 bits per heavy atom. The molecule has 6 nitrogen and oxygen atoms in total. The quantitative estimate of drug-likeness (QED) is 0.422. The first-order valence-corrected chi connectivity index (χ1v) is 10.4. The fourth-order valence-electron chi connectivity index (χ4n) is 4.09. The number of benzene rings is 1. The molecule has 30 heavy (non-hydrogen) atoms. The predicted molar refractivity (Wildman–Crippen MR) is 115 cm³/mol. The number of ketones is 1. The molecule has 1 saturated heterocycles. The number of hydrogen-bond acceptors (Lipinski definition) is 2. The van der Waals surface area contributed by atoms with Gasteiger partial charge in [-0.05, 0) is 44.2 Å². The number of Topliss-reactive ketones (excluding diaryl/α,β-unsaturated/α-hetero) is 1. The molecule has 0 radical (unpaired) electrons. The summed E-state index contributed by atoms with van der Waals surface area (Å²) in [5.74, 6) is -0.230. The zero-order valence-corrected chi connectivity index (χ0v) is 17.8. The number of aryl methyl sites for hydroxylation is 1. The fraction of sp³-hybridized carbons (Fsp3) is 0.391. The van der Waals surface area contributed by atoms with Crippen molar-refractivity contribution in [3.8, 4) is 0 Å². The summed E-state index contributed by atoms with van der Waals surface area (Å²) >= 11 is 0. The van der Waals surface area contributed by atoms with Gasteiger partial charge in [0, 0.05) is 29.2 Å². The average Bonchev–Trinajstić information content (AvgIpc) is 3.00. The lowest BCUT2D eigenvalue weighted by molar-refractivity contribution is -1.00. The van der Waals surface area contributed by atoms with Crippen LogP contribution >= 0.6 is 0 Å². The molecule has 2 heterocycles. The molecule has 1 fully saturated rings. The van der Waals surface area contributed by atoms with Gasteiger partial charge < -0.3 is 19.7 Å². The van der Waals surface area contributed by atoms with Gasteiger partial charge in [0.25, 0.3) is 5.91 Å². The Kier molecular flexibility index (Phi) is 7.18. The van der Waals surface area contributed by atoms with Crippen molar-refractivity contribution in [2.24, 2.45) is 0 Å². The third-order valence-corrected chi connectivity index (χ3v) is 5.80. The van der Waals surface area contributed by atoms with Crippen LogP contribution in [0.1, 0.15) is 21.7 Å². The number of anilines is 1. The summed E-state index contributed by atoms with van der Waals surface area (Å²) in [6.07, 6.45) is 1.84. The second kappa shape index (κ2) is 9.82. The smallest absolute Gasteiger partial charge is 0.279 e. The van der Waals surface area contributed by atoms with Crippen molar-refractivity contribution >= 4 is 17.4 Å². The lowest BCUT2D eigenvalue weighted by atomic mass is 10.1. The highest BCUT2D eigenvalue weighted by Gasteiger charge is 2.27. The zero-order chi connectivity index (χ0) is 21.7. The molecular weight excluding hydrogens is 383 g/mol. The van der Waals surface area contributed by atoms with Crippen LogP contribution in [0.3, 0.4) is 0 Å². The van der Waals surface area contributed by atoms with Crippen LogP contribution < -0.4 is 15.1 Å². The molecule has 2 aromatic rings. The standard InChI is InChI=1S/C23H29FN4O2/c1-4-9-28-17(2)14-21(18(28)3)22(29)15-26-10-12-27(13-11-26)16-23(30)25-20-7-5-19(24)6-8-20/h4-8,14H,1,9-13,15-16H2,2-3H3,(H,25,30)/p+2.